The van der Waals surface area contributed by atoms with Crippen molar-refractivity contribution in [2.45, 2.75) is 11.3 Å². The lowest BCUT2D eigenvalue weighted by Crippen LogP contribution is -1.92. The molecule has 0 amide bonds. The fourth-order valence-electron chi connectivity index (χ4n) is 0.978. The summed E-state index contributed by atoms with van der Waals surface area (Å²) in [6, 6.07) is 8.85. The third kappa shape index (κ3) is 1.56. The van der Waals surface area contributed by atoms with Crippen LogP contribution in [-0.4, -0.2) is 6.61 Å². The molecule has 11 heavy (non-hydrogen) atoms. The summed E-state index contributed by atoms with van der Waals surface area (Å²) in [6.07, 6.45) is 0.914. The molecule has 2 nitrogen and oxygen atoms in total. The Labute approximate surface area is 69.6 Å². The number of benzene rings is 1. The Morgan fingerprint density at radius 2 is 2.55 bits per heavy atom. The van der Waals surface area contributed by atoms with E-state index in [-0.39, 0.29) is 0 Å². The quantitative estimate of drug-likeness (QED) is 0.435. The van der Waals surface area contributed by atoms with Gasteiger partial charge in [0.2, 0.25) is 0 Å². The van der Waals surface area contributed by atoms with Crippen molar-refractivity contribution in [2.24, 2.45) is 0 Å². The molecular weight excluding hydrogens is 160 g/mol. The highest BCUT2D eigenvalue weighted by molar-refractivity contribution is 7.94. The fraction of sp³-hybridized carbons (Fsp3) is 0.250. The van der Waals surface area contributed by atoms with Crippen molar-refractivity contribution in [1.82, 2.24) is 0 Å². The topological polar surface area (TPSA) is 18.5 Å². The molecule has 1 aliphatic rings. The molecule has 1 aromatic rings. The van der Waals surface area contributed by atoms with Crippen LogP contribution in [0.2, 0.25) is 0 Å². The van der Waals surface area contributed by atoms with Gasteiger partial charge in [-0.05, 0) is 17.7 Å². The van der Waals surface area contributed by atoms with E-state index in [1.165, 1.54) is 17.6 Å². The normalized spacial score (nSPS) is 17.1. The van der Waals surface area contributed by atoms with Gasteiger partial charge in [0.15, 0.2) is 0 Å². The van der Waals surface area contributed by atoms with Gasteiger partial charge in [0.05, 0.1) is 18.6 Å². The average molecular weight is 167 g/mol. The Kier molecular flexibility index (Phi) is 2.12. The highest BCUT2D eigenvalue weighted by Gasteiger charge is 2.07. The lowest BCUT2D eigenvalue weighted by atomic mass is 10.2. The molecule has 0 fully saturated rings. The molecule has 2 rings (SSSR count). The van der Waals surface area contributed by atoms with E-state index in [1.54, 1.807) is 0 Å². The Morgan fingerprint density at radius 1 is 1.55 bits per heavy atom. The fourth-order valence-corrected chi connectivity index (χ4v) is 1.56. The summed E-state index contributed by atoms with van der Waals surface area (Å²) in [5.41, 5.74) is 1.27. The van der Waals surface area contributed by atoms with Crippen LogP contribution in [0.3, 0.4) is 0 Å². The van der Waals surface area contributed by atoms with E-state index in [2.05, 4.69) is 6.07 Å². The van der Waals surface area contributed by atoms with Gasteiger partial charge in [-0.2, -0.15) is 4.33 Å². The van der Waals surface area contributed by atoms with Gasteiger partial charge >= 0.3 is 0 Å². The van der Waals surface area contributed by atoms with Gasteiger partial charge in [-0.15, -0.1) is 0 Å². The monoisotopic (exact) mass is 167 g/mol. The van der Waals surface area contributed by atoms with E-state index in [0.717, 1.165) is 11.3 Å². The minimum absolute atomic E-state index is 0.629. The van der Waals surface area contributed by atoms with E-state index >= 15 is 0 Å². The van der Waals surface area contributed by atoms with Gasteiger partial charge in [-0.3, -0.25) is 0 Å². The van der Waals surface area contributed by atoms with Gasteiger partial charge < -0.3 is 0 Å². The Morgan fingerprint density at radius 3 is 3.55 bits per heavy atom. The van der Waals surface area contributed by atoms with Crippen LogP contribution in [0, 0.1) is 6.07 Å². The van der Waals surface area contributed by atoms with Gasteiger partial charge in [0, 0.05) is 11.3 Å². The maximum Gasteiger partial charge on any atom is 0.0875 e. The Hall–Kier alpha value is -0.510. The lowest BCUT2D eigenvalue weighted by Gasteiger charge is -1.98. The van der Waals surface area contributed by atoms with E-state index in [0.29, 0.717) is 6.61 Å². The molecule has 1 heterocycles. The number of fused-ring (bicyclic) bond motifs is 1. The maximum atomic E-state index is 4.83. The molecule has 0 bridgehead atoms. The molecule has 57 valence electrons. The first-order valence-corrected chi connectivity index (χ1v) is 4.16. The van der Waals surface area contributed by atoms with Crippen LogP contribution in [0.5, 0.6) is 0 Å². The first-order chi connectivity index (χ1) is 5.47. The summed E-state index contributed by atoms with van der Waals surface area (Å²) in [4.78, 5) is 5.93. The van der Waals surface area contributed by atoms with E-state index in [9.17, 15) is 0 Å². The SMILES string of the molecule is [c]1ccc2c(c1)SOOCC2. The highest BCUT2D eigenvalue weighted by atomic mass is 32.2. The molecule has 0 saturated heterocycles. The molecule has 0 atom stereocenters. The van der Waals surface area contributed by atoms with Crippen LogP contribution in [0.25, 0.3) is 0 Å². The second-order valence-corrected chi connectivity index (χ2v) is 3.00. The molecule has 3 heteroatoms. The van der Waals surface area contributed by atoms with Crippen LogP contribution in [0.1, 0.15) is 5.56 Å². The molecule has 1 radical (unpaired) electrons. The summed E-state index contributed by atoms with van der Waals surface area (Å²) in [6.45, 7) is 0.629. The zero-order chi connectivity index (χ0) is 7.52. The molecule has 0 aromatic heterocycles. The smallest absolute Gasteiger partial charge is 0.0875 e. The van der Waals surface area contributed by atoms with Crippen molar-refractivity contribution in [3.8, 4) is 0 Å². The van der Waals surface area contributed by atoms with Gasteiger partial charge in [0.1, 0.15) is 0 Å². The number of hydrogen-bond acceptors (Lipinski definition) is 3. The average Bonchev–Trinajstić information content (AvgIpc) is 2.28. The van der Waals surface area contributed by atoms with Crippen molar-refractivity contribution in [1.29, 1.82) is 0 Å². The second kappa shape index (κ2) is 3.26. The van der Waals surface area contributed by atoms with E-state index in [1.807, 2.05) is 18.2 Å². The van der Waals surface area contributed by atoms with Crippen LogP contribution < -0.4 is 0 Å². The van der Waals surface area contributed by atoms with Gasteiger partial charge in [-0.1, -0.05) is 12.1 Å². The molecule has 0 spiro atoms. The molecule has 0 aliphatic carbocycles. The largest absolute Gasteiger partial charge is 0.224 e. The second-order valence-electron chi connectivity index (χ2n) is 2.26. The third-order valence-electron chi connectivity index (χ3n) is 1.54. The number of hydrogen-bond donors (Lipinski definition) is 0. The maximum absolute atomic E-state index is 4.83. The summed E-state index contributed by atoms with van der Waals surface area (Å²) in [5.74, 6) is 0. The minimum atomic E-state index is 0.629. The lowest BCUT2D eigenvalue weighted by molar-refractivity contribution is -0.187. The van der Waals surface area contributed by atoms with Crippen molar-refractivity contribution >= 4 is 12.0 Å². The predicted molar refractivity (Wildman–Crippen MR) is 41.9 cm³/mol. The van der Waals surface area contributed by atoms with Crippen LogP contribution in [0.4, 0.5) is 0 Å². The van der Waals surface area contributed by atoms with Gasteiger partial charge in [-0.25, -0.2) is 4.89 Å². The summed E-state index contributed by atoms with van der Waals surface area (Å²) >= 11 is 1.26. The van der Waals surface area contributed by atoms with Crippen molar-refractivity contribution in [3.63, 3.8) is 0 Å². The first-order valence-electron chi connectivity index (χ1n) is 3.42. The Balaban J connectivity index is 2.33. The van der Waals surface area contributed by atoms with Crippen LogP contribution in [0.15, 0.2) is 23.1 Å². The Bertz CT molecular complexity index is 225. The zero-order valence-electron chi connectivity index (χ0n) is 5.87. The van der Waals surface area contributed by atoms with Crippen LogP contribution in [-0.2, 0) is 15.6 Å². The molecule has 1 aliphatic heterocycles. The summed E-state index contributed by atoms with van der Waals surface area (Å²) in [7, 11) is 0. The molecular formula is C8H7O2S. The molecule has 0 unspecified atom stereocenters. The first kappa shape index (κ1) is 7.16. The minimum Gasteiger partial charge on any atom is -0.224 e. The molecule has 1 aromatic carbocycles. The molecule has 0 N–H and O–H groups in total. The van der Waals surface area contributed by atoms with Crippen LogP contribution >= 0.6 is 12.0 Å². The van der Waals surface area contributed by atoms with Gasteiger partial charge in [0.25, 0.3) is 0 Å². The van der Waals surface area contributed by atoms with Crippen molar-refractivity contribution in [2.75, 3.05) is 6.61 Å². The summed E-state index contributed by atoms with van der Waals surface area (Å²) in [5, 5.41) is 0. The standard InChI is InChI=1S/C8H7O2S/c1-2-4-8-7(3-1)5-6-9-10-11-8/h1,3-4H,5-6H2. The number of rotatable bonds is 0. The highest BCUT2D eigenvalue weighted by Crippen LogP contribution is 2.26. The zero-order valence-corrected chi connectivity index (χ0v) is 6.69. The molecule has 0 saturated carbocycles. The van der Waals surface area contributed by atoms with Crippen molar-refractivity contribution < 1.29 is 9.22 Å². The third-order valence-corrected chi connectivity index (χ3v) is 2.26. The van der Waals surface area contributed by atoms with E-state index < -0.39 is 0 Å². The van der Waals surface area contributed by atoms with E-state index in [4.69, 9.17) is 9.22 Å². The summed E-state index contributed by atoms with van der Waals surface area (Å²) < 4.78 is 4.82. The van der Waals surface area contributed by atoms with Crippen molar-refractivity contribution in [3.05, 3.63) is 29.8 Å². The predicted octanol–water partition coefficient (Wildman–Crippen LogP) is 2.00.